The summed E-state index contributed by atoms with van der Waals surface area (Å²) in [5, 5.41) is 8.69. The van der Waals surface area contributed by atoms with Gasteiger partial charge in [-0.2, -0.15) is 0 Å². The van der Waals surface area contributed by atoms with Gasteiger partial charge in [0.05, 0.1) is 0 Å². The number of carbonyl (C=O) groups is 1. The molecule has 1 saturated carbocycles. The van der Waals surface area contributed by atoms with E-state index in [0.717, 1.165) is 25.9 Å². The van der Waals surface area contributed by atoms with Gasteiger partial charge in [-0.3, -0.25) is 4.79 Å². The lowest BCUT2D eigenvalue weighted by molar-refractivity contribution is -0.121. The summed E-state index contributed by atoms with van der Waals surface area (Å²) in [6.45, 7) is 1.66. The third kappa shape index (κ3) is 7.09. The molecule has 1 amide bonds. The Kier molecular flexibility index (Phi) is 7.82. The highest BCUT2D eigenvalue weighted by Gasteiger charge is 2.10. The van der Waals surface area contributed by atoms with Crippen LogP contribution in [0.15, 0.2) is 17.5 Å². The molecule has 1 aromatic heterocycles. The summed E-state index contributed by atoms with van der Waals surface area (Å²) in [5.74, 6) is 0.189. The van der Waals surface area contributed by atoms with Crippen LogP contribution in [-0.2, 0) is 11.2 Å². The number of carbonyl (C=O) groups excluding carboxylic acids is 1. The minimum absolute atomic E-state index is 0.189. The second-order valence-corrected chi connectivity index (χ2v) is 6.96. The van der Waals surface area contributed by atoms with E-state index in [1.54, 1.807) is 11.3 Å². The first-order chi connectivity index (χ1) is 10.3. The van der Waals surface area contributed by atoms with Crippen LogP contribution in [0.4, 0.5) is 0 Å². The fourth-order valence-corrected chi connectivity index (χ4v) is 3.68. The van der Waals surface area contributed by atoms with Gasteiger partial charge in [0.25, 0.3) is 0 Å². The lowest BCUT2D eigenvalue weighted by Crippen LogP contribution is -2.36. The van der Waals surface area contributed by atoms with E-state index in [1.807, 2.05) is 0 Å². The molecule has 1 heterocycles. The van der Waals surface area contributed by atoms with Gasteiger partial charge in [-0.25, -0.2) is 0 Å². The van der Waals surface area contributed by atoms with E-state index in [4.69, 9.17) is 0 Å². The van der Waals surface area contributed by atoms with Crippen LogP contribution in [0.5, 0.6) is 0 Å². The van der Waals surface area contributed by atoms with Gasteiger partial charge in [0.2, 0.25) is 5.91 Å². The van der Waals surface area contributed by atoms with Crippen molar-refractivity contribution in [3.8, 4) is 0 Å². The molecule has 21 heavy (non-hydrogen) atoms. The topological polar surface area (TPSA) is 41.1 Å². The Bertz CT molecular complexity index is 384. The van der Waals surface area contributed by atoms with E-state index < -0.39 is 0 Å². The molecule has 2 N–H and O–H groups in total. The van der Waals surface area contributed by atoms with Crippen LogP contribution in [-0.4, -0.2) is 25.0 Å². The summed E-state index contributed by atoms with van der Waals surface area (Å²) in [7, 11) is 0. The molecule has 0 bridgehead atoms. The average Bonchev–Trinajstić information content (AvgIpc) is 2.86. The highest BCUT2D eigenvalue weighted by atomic mass is 32.1. The number of hydrogen-bond acceptors (Lipinski definition) is 3. The van der Waals surface area contributed by atoms with Gasteiger partial charge < -0.3 is 10.6 Å². The van der Waals surface area contributed by atoms with E-state index in [2.05, 4.69) is 28.1 Å². The number of amides is 1. The van der Waals surface area contributed by atoms with Crippen molar-refractivity contribution in [1.29, 1.82) is 0 Å². The molecule has 4 heteroatoms. The van der Waals surface area contributed by atoms with Crippen LogP contribution in [0.1, 0.15) is 56.2 Å². The zero-order chi connectivity index (χ0) is 14.8. The number of nitrogens with one attached hydrogen (secondary N) is 2. The molecule has 1 aliphatic rings. The normalized spacial score (nSPS) is 16.6. The van der Waals surface area contributed by atoms with Gasteiger partial charge in [-0.05, 0) is 37.1 Å². The number of aryl methyl sites for hydroxylation is 1. The first-order valence-corrected chi connectivity index (χ1v) is 9.25. The lowest BCUT2D eigenvalue weighted by Gasteiger charge is -2.16. The fourth-order valence-electron chi connectivity index (χ4n) is 2.93. The Labute approximate surface area is 132 Å². The van der Waals surface area contributed by atoms with Crippen molar-refractivity contribution in [2.24, 2.45) is 0 Å². The van der Waals surface area contributed by atoms with E-state index in [9.17, 15) is 4.79 Å². The van der Waals surface area contributed by atoms with Crippen LogP contribution in [0.2, 0.25) is 0 Å². The first-order valence-electron chi connectivity index (χ1n) is 8.37. The van der Waals surface area contributed by atoms with Gasteiger partial charge in [-0.1, -0.05) is 31.7 Å². The Morgan fingerprint density at radius 1 is 1.19 bits per heavy atom. The van der Waals surface area contributed by atoms with E-state index in [0.29, 0.717) is 12.5 Å². The molecular formula is C17H28N2OS. The smallest absolute Gasteiger partial charge is 0.220 e. The SMILES string of the molecule is O=C(CCCc1cccs1)NCCNC1CCCCCC1. The van der Waals surface area contributed by atoms with Crippen molar-refractivity contribution in [3.63, 3.8) is 0 Å². The summed E-state index contributed by atoms with van der Waals surface area (Å²) < 4.78 is 0. The number of thiophene rings is 1. The van der Waals surface area contributed by atoms with Crippen molar-refractivity contribution in [3.05, 3.63) is 22.4 Å². The molecule has 118 valence electrons. The van der Waals surface area contributed by atoms with Crippen LogP contribution >= 0.6 is 11.3 Å². The first kappa shape index (κ1) is 16.5. The van der Waals surface area contributed by atoms with E-state index >= 15 is 0 Å². The molecule has 2 rings (SSSR count). The van der Waals surface area contributed by atoms with Crippen molar-refractivity contribution >= 4 is 17.2 Å². The maximum Gasteiger partial charge on any atom is 0.220 e. The van der Waals surface area contributed by atoms with Gasteiger partial charge in [0, 0.05) is 30.4 Å². The average molecular weight is 308 g/mol. The molecule has 3 nitrogen and oxygen atoms in total. The van der Waals surface area contributed by atoms with Crippen molar-refractivity contribution in [2.45, 2.75) is 63.8 Å². The summed E-state index contributed by atoms with van der Waals surface area (Å²) in [5.41, 5.74) is 0. The molecule has 0 saturated heterocycles. The highest BCUT2D eigenvalue weighted by Crippen LogP contribution is 2.16. The van der Waals surface area contributed by atoms with E-state index in [1.165, 1.54) is 43.4 Å². The highest BCUT2D eigenvalue weighted by molar-refractivity contribution is 7.09. The second kappa shape index (κ2) is 9.96. The molecule has 0 aromatic carbocycles. The molecule has 0 unspecified atom stereocenters. The number of rotatable bonds is 8. The van der Waals surface area contributed by atoms with Gasteiger partial charge in [0.15, 0.2) is 0 Å². The minimum Gasteiger partial charge on any atom is -0.355 e. The third-order valence-corrected chi connectivity index (χ3v) is 5.08. The molecule has 0 spiro atoms. The molecule has 1 aromatic rings. The Morgan fingerprint density at radius 2 is 2.00 bits per heavy atom. The zero-order valence-electron chi connectivity index (χ0n) is 12.9. The largest absolute Gasteiger partial charge is 0.355 e. The standard InChI is InChI=1S/C17H28N2OS/c20-17(11-5-9-16-10-6-14-21-16)19-13-12-18-15-7-3-1-2-4-8-15/h6,10,14-15,18H,1-5,7-9,11-13H2,(H,19,20). The maximum atomic E-state index is 11.7. The minimum atomic E-state index is 0.189. The van der Waals surface area contributed by atoms with Gasteiger partial charge in [0.1, 0.15) is 0 Å². The fraction of sp³-hybridized carbons (Fsp3) is 0.706. The summed E-state index contributed by atoms with van der Waals surface area (Å²) >= 11 is 1.77. The number of hydrogen-bond donors (Lipinski definition) is 2. The quantitative estimate of drug-likeness (QED) is 0.570. The summed E-state index contributed by atoms with van der Waals surface area (Å²) in [6, 6.07) is 4.88. The molecule has 0 aliphatic heterocycles. The van der Waals surface area contributed by atoms with Crippen LogP contribution in [0, 0.1) is 0 Å². The molecule has 0 radical (unpaired) electrons. The Morgan fingerprint density at radius 3 is 2.71 bits per heavy atom. The van der Waals surface area contributed by atoms with Crippen LogP contribution in [0.3, 0.4) is 0 Å². The van der Waals surface area contributed by atoms with Gasteiger partial charge in [-0.15, -0.1) is 11.3 Å². The van der Waals surface area contributed by atoms with Crippen molar-refractivity contribution in [2.75, 3.05) is 13.1 Å². The second-order valence-electron chi connectivity index (χ2n) is 5.93. The zero-order valence-corrected chi connectivity index (χ0v) is 13.7. The maximum absolute atomic E-state index is 11.7. The molecule has 1 aliphatic carbocycles. The molecule has 1 fully saturated rings. The predicted octanol–water partition coefficient (Wildman–Crippen LogP) is 3.50. The Hall–Kier alpha value is -0.870. The molecular weight excluding hydrogens is 280 g/mol. The van der Waals surface area contributed by atoms with Crippen molar-refractivity contribution < 1.29 is 4.79 Å². The molecule has 0 atom stereocenters. The monoisotopic (exact) mass is 308 g/mol. The van der Waals surface area contributed by atoms with Crippen LogP contribution < -0.4 is 10.6 Å². The van der Waals surface area contributed by atoms with Crippen LogP contribution in [0.25, 0.3) is 0 Å². The van der Waals surface area contributed by atoms with Gasteiger partial charge >= 0.3 is 0 Å². The predicted molar refractivity (Wildman–Crippen MR) is 89.8 cm³/mol. The van der Waals surface area contributed by atoms with E-state index in [-0.39, 0.29) is 5.91 Å². The third-order valence-electron chi connectivity index (χ3n) is 4.14. The Balaban J connectivity index is 1.47. The summed E-state index contributed by atoms with van der Waals surface area (Å²) in [4.78, 5) is 13.1. The summed E-state index contributed by atoms with van der Waals surface area (Å²) in [6.07, 6.45) is 10.7. The van der Waals surface area contributed by atoms with Crippen molar-refractivity contribution in [1.82, 2.24) is 10.6 Å². The lowest BCUT2D eigenvalue weighted by atomic mass is 10.1.